The molecule has 0 atom stereocenters. The summed E-state index contributed by atoms with van der Waals surface area (Å²) >= 11 is 1.10. The van der Waals surface area contributed by atoms with Crippen molar-refractivity contribution in [1.82, 2.24) is 9.55 Å². The fourth-order valence-electron chi connectivity index (χ4n) is 2.80. The van der Waals surface area contributed by atoms with Crippen LogP contribution in [-0.2, 0) is 15.7 Å². The van der Waals surface area contributed by atoms with Crippen molar-refractivity contribution in [3.05, 3.63) is 60.3 Å². The summed E-state index contributed by atoms with van der Waals surface area (Å²) in [6, 6.07) is 12.1. The number of imidazole rings is 1. The summed E-state index contributed by atoms with van der Waals surface area (Å²) in [5.74, 6) is 0.221. The first-order valence-corrected chi connectivity index (χ1v) is 10.00. The molecule has 158 valence electrons. The van der Waals surface area contributed by atoms with Crippen molar-refractivity contribution in [3.8, 4) is 22.7 Å². The highest BCUT2D eigenvalue weighted by Crippen LogP contribution is 2.34. The fraction of sp³-hybridized carbons (Fsp3) is 0.238. The predicted octanol–water partition coefficient (Wildman–Crippen LogP) is 5.22. The second-order valence-electron chi connectivity index (χ2n) is 6.13. The Morgan fingerprint density at radius 1 is 1.17 bits per heavy atom. The number of hydrogen-bond acceptors (Lipinski definition) is 5. The largest absolute Gasteiger partial charge is 0.497 e. The van der Waals surface area contributed by atoms with Crippen molar-refractivity contribution in [3.63, 3.8) is 0 Å². The van der Waals surface area contributed by atoms with Gasteiger partial charge in [0, 0.05) is 11.3 Å². The molecule has 2 aromatic carbocycles. The van der Waals surface area contributed by atoms with Crippen LogP contribution in [0.2, 0.25) is 0 Å². The molecule has 0 aliphatic rings. The molecular formula is C21H19F3N2O3S. The number of aromatic nitrogens is 2. The third kappa shape index (κ3) is 4.96. The number of ether oxygens (including phenoxy) is 2. The second-order valence-corrected chi connectivity index (χ2v) is 7.07. The zero-order valence-corrected chi connectivity index (χ0v) is 17.1. The molecule has 0 saturated heterocycles. The second kappa shape index (κ2) is 9.25. The molecule has 0 aliphatic carbocycles. The van der Waals surface area contributed by atoms with Gasteiger partial charge in [-0.15, -0.1) is 0 Å². The number of thioether (sulfide) groups is 1. The molecule has 0 saturated carbocycles. The van der Waals surface area contributed by atoms with Gasteiger partial charge >= 0.3 is 12.1 Å². The van der Waals surface area contributed by atoms with Crippen molar-refractivity contribution < 1.29 is 27.4 Å². The van der Waals surface area contributed by atoms with Crippen LogP contribution < -0.4 is 4.74 Å². The van der Waals surface area contributed by atoms with E-state index in [1.807, 2.05) is 0 Å². The molecular weight excluding hydrogens is 417 g/mol. The molecule has 3 aromatic rings. The van der Waals surface area contributed by atoms with Gasteiger partial charge in [0.25, 0.3) is 0 Å². The van der Waals surface area contributed by atoms with E-state index in [1.165, 1.54) is 6.07 Å². The molecule has 0 aliphatic heterocycles. The summed E-state index contributed by atoms with van der Waals surface area (Å²) in [4.78, 5) is 16.1. The van der Waals surface area contributed by atoms with E-state index >= 15 is 0 Å². The average molecular weight is 436 g/mol. The van der Waals surface area contributed by atoms with E-state index in [-0.39, 0.29) is 12.4 Å². The highest BCUT2D eigenvalue weighted by Gasteiger charge is 2.31. The minimum absolute atomic E-state index is 0.00807. The molecule has 5 nitrogen and oxygen atoms in total. The number of nitrogens with zero attached hydrogens (tertiary/aromatic N) is 2. The number of benzene rings is 2. The zero-order chi connectivity index (χ0) is 21.7. The Balaban J connectivity index is 2.06. The molecule has 30 heavy (non-hydrogen) atoms. The standard InChI is InChI=1S/C21H19F3N2O3S/c1-3-29-19(27)13-30-20-25-12-18(14-7-9-17(28-2)10-8-14)26(20)16-6-4-5-15(11-16)21(22,23)24/h4-12H,3,13H2,1-2H3. The van der Waals surface area contributed by atoms with Crippen LogP contribution in [0.25, 0.3) is 16.9 Å². The molecule has 9 heteroatoms. The van der Waals surface area contributed by atoms with E-state index < -0.39 is 17.7 Å². The van der Waals surface area contributed by atoms with Crippen LogP contribution >= 0.6 is 11.8 Å². The Hall–Kier alpha value is -2.94. The van der Waals surface area contributed by atoms with Crippen molar-refractivity contribution in [2.75, 3.05) is 19.5 Å². The predicted molar refractivity (Wildman–Crippen MR) is 108 cm³/mol. The van der Waals surface area contributed by atoms with Crippen LogP contribution in [0.15, 0.2) is 59.9 Å². The molecule has 0 bridgehead atoms. The van der Waals surface area contributed by atoms with Crippen LogP contribution in [-0.4, -0.2) is 35.0 Å². The molecule has 0 fully saturated rings. The number of alkyl halides is 3. The van der Waals surface area contributed by atoms with E-state index in [4.69, 9.17) is 9.47 Å². The maximum atomic E-state index is 13.3. The van der Waals surface area contributed by atoms with Gasteiger partial charge in [0.2, 0.25) is 0 Å². The Morgan fingerprint density at radius 3 is 2.53 bits per heavy atom. The summed E-state index contributed by atoms with van der Waals surface area (Å²) < 4.78 is 51.4. The Bertz CT molecular complexity index is 1020. The average Bonchev–Trinajstić information content (AvgIpc) is 3.16. The number of halogens is 3. The number of methoxy groups -OCH3 is 1. The normalized spacial score (nSPS) is 11.4. The summed E-state index contributed by atoms with van der Waals surface area (Å²) in [5, 5.41) is 0.383. The smallest absolute Gasteiger partial charge is 0.416 e. The Morgan fingerprint density at radius 2 is 1.90 bits per heavy atom. The van der Waals surface area contributed by atoms with Crippen LogP contribution in [0, 0.1) is 0 Å². The molecule has 0 unspecified atom stereocenters. The van der Waals surface area contributed by atoms with Crippen LogP contribution in [0.4, 0.5) is 13.2 Å². The Labute approximate surface area is 175 Å². The molecule has 0 N–H and O–H groups in total. The summed E-state index contributed by atoms with van der Waals surface area (Å²) in [6.07, 6.45) is -2.91. The van der Waals surface area contributed by atoms with Crippen LogP contribution in [0.1, 0.15) is 12.5 Å². The third-order valence-electron chi connectivity index (χ3n) is 4.17. The molecule has 3 rings (SSSR count). The Kier molecular flexibility index (Phi) is 6.71. The van der Waals surface area contributed by atoms with Gasteiger partial charge in [-0.05, 0) is 49.4 Å². The molecule has 0 spiro atoms. The van der Waals surface area contributed by atoms with Crippen molar-refractivity contribution >= 4 is 17.7 Å². The van der Waals surface area contributed by atoms with Crippen molar-refractivity contribution in [1.29, 1.82) is 0 Å². The van der Waals surface area contributed by atoms with Gasteiger partial charge in [0.15, 0.2) is 5.16 Å². The summed E-state index contributed by atoms with van der Waals surface area (Å²) in [5.41, 5.74) is 0.849. The lowest BCUT2D eigenvalue weighted by Crippen LogP contribution is -2.09. The van der Waals surface area contributed by atoms with E-state index in [1.54, 1.807) is 55.1 Å². The molecule has 1 aromatic heterocycles. The molecule has 0 amide bonds. The van der Waals surface area contributed by atoms with Gasteiger partial charge in [-0.3, -0.25) is 9.36 Å². The number of carbonyl (C=O) groups excluding carboxylic acids is 1. The highest BCUT2D eigenvalue weighted by atomic mass is 32.2. The van der Waals surface area contributed by atoms with Crippen molar-refractivity contribution in [2.24, 2.45) is 0 Å². The van der Waals surface area contributed by atoms with Gasteiger partial charge < -0.3 is 9.47 Å². The number of rotatable bonds is 7. The summed E-state index contributed by atoms with van der Waals surface area (Å²) in [6.45, 7) is 1.95. The van der Waals surface area contributed by atoms with E-state index in [0.717, 1.165) is 29.5 Å². The number of esters is 1. The van der Waals surface area contributed by atoms with E-state index in [9.17, 15) is 18.0 Å². The van der Waals surface area contributed by atoms with Crippen LogP contribution in [0.3, 0.4) is 0 Å². The van der Waals surface area contributed by atoms with Gasteiger partial charge in [-0.2, -0.15) is 13.2 Å². The molecule has 0 radical (unpaired) electrons. The quantitative estimate of drug-likeness (QED) is 0.375. The van der Waals surface area contributed by atoms with E-state index in [0.29, 0.717) is 22.3 Å². The van der Waals surface area contributed by atoms with Gasteiger partial charge in [-0.25, -0.2) is 4.98 Å². The minimum Gasteiger partial charge on any atom is -0.497 e. The molecule has 1 heterocycles. The maximum absolute atomic E-state index is 13.3. The minimum atomic E-state index is -4.48. The van der Waals surface area contributed by atoms with Gasteiger partial charge in [-0.1, -0.05) is 17.8 Å². The lowest BCUT2D eigenvalue weighted by molar-refractivity contribution is -0.140. The number of hydrogen-bond donors (Lipinski definition) is 0. The van der Waals surface area contributed by atoms with Gasteiger partial charge in [0.1, 0.15) is 5.75 Å². The summed E-state index contributed by atoms with van der Waals surface area (Å²) in [7, 11) is 1.55. The monoisotopic (exact) mass is 436 g/mol. The number of carbonyl (C=O) groups is 1. The topological polar surface area (TPSA) is 53.4 Å². The lowest BCUT2D eigenvalue weighted by Gasteiger charge is -2.14. The zero-order valence-electron chi connectivity index (χ0n) is 16.3. The first kappa shape index (κ1) is 21.8. The van der Waals surface area contributed by atoms with Crippen molar-refractivity contribution in [2.45, 2.75) is 18.3 Å². The highest BCUT2D eigenvalue weighted by molar-refractivity contribution is 7.99. The fourth-order valence-corrected chi connectivity index (χ4v) is 3.59. The van der Waals surface area contributed by atoms with Gasteiger partial charge in [0.05, 0.1) is 36.9 Å². The third-order valence-corrected chi connectivity index (χ3v) is 5.10. The van der Waals surface area contributed by atoms with E-state index in [2.05, 4.69) is 4.98 Å². The lowest BCUT2D eigenvalue weighted by atomic mass is 10.1. The maximum Gasteiger partial charge on any atom is 0.416 e. The van der Waals surface area contributed by atoms with Crippen LogP contribution in [0.5, 0.6) is 5.75 Å². The first-order valence-electron chi connectivity index (χ1n) is 9.01. The SMILES string of the molecule is CCOC(=O)CSc1ncc(-c2ccc(OC)cc2)n1-c1cccc(C(F)(F)F)c1. The first-order chi connectivity index (χ1) is 14.3.